The van der Waals surface area contributed by atoms with E-state index in [1.165, 1.54) is 0 Å². The first-order valence-electron chi connectivity index (χ1n) is 6.77. The topological polar surface area (TPSA) is 38.8 Å². The average Bonchev–Trinajstić information content (AvgIpc) is 2.67. The Kier molecular flexibility index (Phi) is 3.10. The maximum Gasteiger partial charge on any atom is 0.231 e. The fraction of sp³-hybridized carbons (Fsp3) is 0.923. The van der Waals surface area contributed by atoms with Gasteiger partial charge >= 0.3 is 0 Å². The maximum absolute atomic E-state index is 12.4. The van der Waals surface area contributed by atoms with Gasteiger partial charge in [-0.2, -0.15) is 0 Å². The number of ether oxygens (including phenoxy) is 2. The molecule has 2 heterocycles. The largest absolute Gasteiger partial charge is 0.347 e. The minimum Gasteiger partial charge on any atom is -0.347 e. The van der Waals surface area contributed by atoms with E-state index in [-0.39, 0.29) is 12.0 Å². The fourth-order valence-electron chi connectivity index (χ4n) is 3.00. The second kappa shape index (κ2) is 4.23. The van der Waals surface area contributed by atoms with Crippen LogP contribution in [0.25, 0.3) is 0 Å². The van der Waals surface area contributed by atoms with Crippen LogP contribution in [0.2, 0.25) is 0 Å². The minimum atomic E-state index is -0.895. The zero-order valence-electron chi connectivity index (χ0n) is 11.2. The van der Waals surface area contributed by atoms with Crippen LogP contribution in [0.3, 0.4) is 0 Å². The third-order valence-electron chi connectivity index (χ3n) is 4.54. The van der Waals surface area contributed by atoms with Crippen LogP contribution in [0.15, 0.2) is 0 Å². The molecule has 3 aliphatic rings. The Bertz CT molecular complexity index is 407. The van der Waals surface area contributed by atoms with Crippen molar-refractivity contribution in [3.05, 3.63) is 0 Å². The van der Waals surface area contributed by atoms with Crippen LogP contribution in [-0.4, -0.2) is 46.7 Å². The molecule has 0 aromatic carbocycles. The lowest BCUT2D eigenvalue weighted by molar-refractivity contribution is -0.195. The summed E-state index contributed by atoms with van der Waals surface area (Å²) in [7, 11) is 0. The summed E-state index contributed by atoms with van der Waals surface area (Å²) in [6.07, 6.45) is 2.11. The molecule has 0 bridgehead atoms. The highest BCUT2D eigenvalue weighted by Crippen LogP contribution is 2.64. The average molecular weight is 308 g/mol. The van der Waals surface area contributed by atoms with E-state index in [0.29, 0.717) is 26.1 Å². The molecule has 2 unspecified atom stereocenters. The number of nitrogens with zero attached hydrogens (tertiary/aromatic N) is 1. The first kappa shape index (κ1) is 13.9. The maximum atomic E-state index is 12.4. The number of carbonyl (C=O) groups is 1. The number of hydrogen-bond donors (Lipinski definition) is 0. The van der Waals surface area contributed by atoms with Crippen molar-refractivity contribution in [2.75, 3.05) is 19.7 Å². The van der Waals surface area contributed by atoms with Gasteiger partial charge in [-0.05, 0) is 20.3 Å². The predicted octanol–water partition coefficient (Wildman–Crippen LogP) is 2.32. The van der Waals surface area contributed by atoms with E-state index in [4.69, 9.17) is 32.7 Å². The highest BCUT2D eigenvalue weighted by atomic mass is 35.5. The number of piperidine rings is 1. The van der Waals surface area contributed by atoms with E-state index in [1.807, 2.05) is 18.7 Å². The number of likely N-dealkylation sites (tertiary alicyclic amines) is 1. The van der Waals surface area contributed by atoms with Crippen molar-refractivity contribution in [3.63, 3.8) is 0 Å². The van der Waals surface area contributed by atoms with Crippen molar-refractivity contribution < 1.29 is 14.3 Å². The van der Waals surface area contributed by atoms with Gasteiger partial charge in [-0.1, -0.05) is 0 Å². The molecule has 2 aliphatic heterocycles. The van der Waals surface area contributed by atoms with E-state index < -0.39 is 15.5 Å². The normalized spacial score (nSPS) is 39.6. The highest BCUT2D eigenvalue weighted by Gasteiger charge is 2.69. The van der Waals surface area contributed by atoms with Gasteiger partial charge in [0.15, 0.2) is 5.79 Å². The second-order valence-corrected chi connectivity index (χ2v) is 7.64. The first-order valence-corrected chi connectivity index (χ1v) is 7.53. The smallest absolute Gasteiger partial charge is 0.231 e. The van der Waals surface area contributed by atoms with Crippen LogP contribution in [0.5, 0.6) is 0 Å². The number of carbonyl (C=O) groups excluding carboxylic acids is 1. The summed E-state index contributed by atoms with van der Waals surface area (Å²) in [6.45, 7) is 5.77. The Labute approximate surface area is 123 Å². The van der Waals surface area contributed by atoms with Crippen molar-refractivity contribution >= 4 is 29.1 Å². The molecule has 2 saturated heterocycles. The van der Waals surface area contributed by atoms with E-state index in [9.17, 15) is 4.79 Å². The Morgan fingerprint density at radius 1 is 1.32 bits per heavy atom. The van der Waals surface area contributed by atoms with Gasteiger partial charge in [0.1, 0.15) is 4.33 Å². The third-order valence-corrected chi connectivity index (χ3v) is 5.64. The third kappa shape index (κ3) is 2.17. The van der Waals surface area contributed by atoms with Gasteiger partial charge in [0, 0.05) is 25.9 Å². The number of halogens is 2. The monoisotopic (exact) mass is 307 g/mol. The molecular weight excluding hydrogens is 289 g/mol. The number of hydrogen-bond acceptors (Lipinski definition) is 3. The summed E-state index contributed by atoms with van der Waals surface area (Å²) in [5.74, 6) is -0.418. The number of rotatable bonds is 1. The molecule has 6 heteroatoms. The van der Waals surface area contributed by atoms with E-state index in [0.717, 1.165) is 12.8 Å². The quantitative estimate of drug-likeness (QED) is 0.698. The molecule has 3 rings (SSSR count). The van der Waals surface area contributed by atoms with Gasteiger partial charge in [-0.15, -0.1) is 23.2 Å². The van der Waals surface area contributed by atoms with E-state index >= 15 is 0 Å². The Hall–Kier alpha value is -0.0300. The molecule has 1 spiro atoms. The highest BCUT2D eigenvalue weighted by molar-refractivity contribution is 6.53. The summed E-state index contributed by atoms with van der Waals surface area (Å²) in [6, 6.07) is 0. The minimum absolute atomic E-state index is 0.0541. The summed E-state index contributed by atoms with van der Waals surface area (Å²) in [5.41, 5.74) is -0.620. The Morgan fingerprint density at radius 2 is 1.89 bits per heavy atom. The molecule has 0 N–H and O–H groups in total. The van der Waals surface area contributed by atoms with E-state index in [1.54, 1.807) is 0 Å². The van der Waals surface area contributed by atoms with Crippen LogP contribution in [-0.2, 0) is 14.3 Å². The number of alkyl halides is 2. The zero-order chi connectivity index (χ0) is 13.9. The molecule has 108 valence electrons. The van der Waals surface area contributed by atoms with Gasteiger partial charge in [-0.25, -0.2) is 0 Å². The standard InChI is InChI=1S/C13H19Cl2NO3/c1-9-7-18-12(19-9)3-5-16(6-4-12)10(17)11(2)8-13(11,14)15/h9H,3-8H2,1-2H3. The molecule has 3 fully saturated rings. The van der Waals surface area contributed by atoms with Gasteiger partial charge in [0.05, 0.1) is 18.1 Å². The molecule has 4 nitrogen and oxygen atoms in total. The van der Waals surface area contributed by atoms with Crippen LogP contribution < -0.4 is 0 Å². The molecule has 1 amide bonds. The second-order valence-electron chi connectivity index (χ2n) is 6.16. The van der Waals surface area contributed by atoms with Crippen molar-refractivity contribution in [2.45, 2.75) is 49.3 Å². The van der Waals surface area contributed by atoms with Crippen molar-refractivity contribution in [1.82, 2.24) is 4.90 Å². The zero-order valence-corrected chi connectivity index (χ0v) is 12.8. The SMILES string of the molecule is CC1COC2(CCN(C(=O)C3(C)CC3(Cl)Cl)CC2)O1. The first-order chi connectivity index (χ1) is 8.78. The fourth-order valence-corrected chi connectivity index (χ4v) is 3.69. The van der Waals surface area contributed by atoms with Crippen LogP contribution in [0.1, 0.15) is 33.1 Å². The molecule has 1 aliphatic carbocycles. The summed E-state index contributed by atoms with van der Waals surface area (Å²) >= 11 is 12.1. The Balaban J connectivity index is 1.61. The molecule has 0 radical (unpaired) electrons. The number of amides is 1. The lowest BCUT2D eigenvalue weighted by Gasteiger charge is -2.39. The molecule has 2 atom stereocenters. The van der Waals surface area contributed by atoms with Crippen molar-refractivity contribution in [1.29, 1.82) is 0 Å². The summed E-state index contributed by atoms with van der Waals surface area (Å²) in [5, 5.41) is 0. The lowest BCUT2D eigenvalue weighted by Crippen LogP contribution is -2.49. The van der Waals surface area contributed by atoms with Crippen LogP contribution >= 0.6 is 23.2 Å². The molecule has 0 aromatic rings. The Morgan fingerprint density at radius 3 is 2.32 bits per heavy atom. The predicted molar refractivity (Wildman–Crippen MR) is 72.2 cm³/mol. The van der Waals surface area contributed by atoms with Crippen LogP contribution in [0, 0.1) is 5.41 Å². The van der Waals surface area contributed by atoms with Gasteiger partial charge < -0.3 is 14.4 Å². The summed E-state index contributed by atoms with van der Waals surface area (Å²) in [4.78, 5) is 14.3. The molecule has 1 saturated carbocycles. The van der Waals surface area contributed by atoms with Crippen LogP contribution in [0.4, 0.5) is 0 Å². The van der Waals surface area contributed by atoms with Gasteiger partial charge in [-0.3, -0.25) is 4.79 Å². The van der Waals surface area contributed by atoms with Gasteiger partial charge in [0.25, 0.3) is 0 Å². The van der Waals surface area contributed by atoms with Crippen molar-refractivity contribution in [2.24, 2.45) is 5.41 Å². The van der Waals surface area contributed by atoms with Gasteiger partial charge in [0.2, 0.25) is 5.91 Å². The summed E-state index contributed by atoms with van der Waals surface area (Å²) < 4.78 is 10.7. The van der Waals surface area contributed by atoms with Crippen molar-refractivity contribution in [3.8, 4) is 0 Å². The van der Waals surface area contributed by atoms with E-state index in [2.05, 4.69) is 0 Å². The molecular formula is C13H19Cl2NO3. The molecule has 0 aromatic heterocycles. The molecule has 19 heavy (non-hydrogen) atoms. The lowest BCUT2D eigenvalue weighted by atomic mass is 10.0.